The molecule has 2 aromatic heterocycles. The third kappa shape index (κ3) is 2.06. The molecule has 2 bridgehead atoms. The smallest absolute Gasteiger partial charge is 0.0687 e. The third-order valence-corrected chi connectivity index (χ3v) is 6.04. The van der Waals surface area contributed by atoms with Crippen LogP contribution in [0.1, 0.15) is 30.3 Å². The molecule has 0 amide bonds. The van der Waals surface area contributed by atoms with Crippen molar-refractivity contribution >= 4 is 10.9 Å². The highest BCUT2D eigenvalue weighted by Crippen LogP contribution is 2.37. The van der Waals surface area contributed by atoms with Crippen molar-refractivity contribution in [3.8, 4) is 5.69 Å². The fourth-order valence-electron chi connectivity index (χ4n) is 4.73. The van der Waals surface area contributed by atoms with Crippen LogP contribution in [0.5, 0.6) is 0 Å². The first-order valence-corrected chi connectivity index (χ1v) is 9.05. The molecule has 3 fully saturated rings. The van der Waals surface area contributed by atoms with E-state index in [0.717, 1.165) is 5.92 Å². The average Bonchev–Trinajstić information content (AvgIpc) is 3.18. The summed E-state index contributed by atoms with van der Waals surface area (Å²) in [7, 11) is 0. The highest BCUT2D eigenvalue weighted by Gasteiger charge is 2.36. The van der Waals surface area contributed by atoms with Crippen molar-refractivity contribution in [2.24, 2.45) is 5.92 Å². The van der Waals surface area contributed by atoms with E-state index in [1.165, 1.54) is 60.5 Å². The maximum atomic E-state index is 4.79. The molecule has 0 spiro atoms. The maximum Gasteiger partial charge on any atom is 0.0687 e. The summed E-state index contributed by atoms with van der Waals surface area (Å²) in [5.41, 5.74) is 5.06. The quantitative estimate of drug-likeness (QED) is 0.719. The SMILES string of the molecule is Cc1ccc(C)n1-c1ccc2c(cnn2[C@@H]2CN3CCC2CC3)c1. The molecule has 6 rings (SSSR count). The monoisotopic (exact) mass is 320 g/mol. The Labute approximate surface area is 142 Å². The number of hydrogen-bond acceptors (Lipinski definition) is 2. The Hall–Kier alpha value is -2.07. The minimum atomic E-state index is 0.547. The van der Waals surface area contributed by atoms with Crippen molar-refractivity contribution in [2.75, 3.05) is 19.6 Å². The Morgan fingerprint density at radius 1 is 1.00 bits per heavy atom. The van der Waals surface area contributed by atoms with E-state index in [1.54, 1.807) is 0 Å². The molecule has 1 atom stereocenters. The molecule has 0 radical (unpaired) electrons. The number of fused-ring (bicyclic) bond motifs is 4. The van der Waals surface area contributed by atoms with E-state index in [4.69, 9.17) is 5.10 Å². The predicted molar refractivity (Wildman–Crippen MR) is 96.7 cm³/mol. The molecule has 24 heavy (non-hydrogen) atoms. The highest BCUT2D eigenvalue weighted by atomic mass is 15.3. The van der Waals surface area contributed by atoms with Gasteiger partial charge in [-0.1, -0.05) is 0 Å². The summed E-state index contributed by atoms with van der Waals surface area (Å²) >= 11 is 0. The van der Waals surface area contributed by atoms with Crippen molar-refractivity contribution in [1.29, 1.82) is 0 Å². The van der Waals surface area contributed by atoms with E-state index >= 15 is 0 Å². The summed E-state index contributed by atoms with van der Waals surface area (Å²) in [4.78, 5) is 2.60. The zero-order chi connectivity index (χ0) is 16.3. The third-order valence-electron chi connectivity index (χ3n) is 6.04. The van der Waals surface area contributed by atoms with Crippen LogP contribution in [0.25, 0.3) is 16.6 Å². The standard InChI is InChI=1S/C20H24N4/c1-14-3-4-15(2)23(14)18-5-6-19-17(11-18)12-21-24(19)20-13-22-9-7-16(20)8-10-22/h3-6,11-12,16,20H,7-10,13H2,1-2H3/t20-/m1/s1. The van der Waals surface area contributed by atoms with Gasteiger partial charge in [0.05, 0.1) is 17.8 Å². The summed E-state index contributed by atoms with van der Waals surface area (Å²) in [6, 6.07) is 11.7. The first-order chi connectivity index (χ1) is 11.7. The second-order valence-corrected chi connectivity index (χ2v) is 7.49. The number of aryl methyl sites for hydroxylation is 2. The number of benzene rings is 1. The lowest BCUT2D eigenvalue weighted by Gasteiger charge is -2.44. The van der Waals surface area contributed by atoms with Crippen molar-refractivity contribution in [3.05, 3.63) is 47.9 Å². The number of rotatable bonds is 2. The Morgan fingerprint density at radius 2 is 1.75 bits per heavy atom. The summed E-state index contributed by atoms with van der Waals surface area (Å²) in [5, 5.41) is 6.03. The molecule has 0 aliphatic carbocycles. The van der Waals surface area contributed by atoms with Gasteiger partial charge < -0.3 is 9.47 Å². The molecule has 4 heteroatoms. The van der Waals surface area contributed by atoms with Crippen LogP contribution >= 0.6 is 0 Å². The zero-order valence-electron chi connectivity index (χ0n) is 14.4. The zero-order valence-corrected chi connectivity index (χ0v) is 14.4. The molecule has 1 aromatic carbocycles. The van der Waals surface area contributed by atoms with Crippen molar-refractivity contribution in [1.82, 2.24) is 19.2 Å². The van der Waals surface area contributed by atoms with Gasteiger partial charge in [-0.2, -0.15) is 5.10 Å². The lowest BCUT2D eigenvalue weighted by molar-refractivity contribution is 0.0534. The molecular formula is C20H24N4. The normalized spacial score (nSPS) is 26.3. The Kier molecular flexibility index (Phi) is 3.10. The molecule has 0 N–H and O–H groups in total. The van der Waals surface area contributed by atoms with Crippen LogP contribution in [-0.4, -0.2) is 38.9 Å². The lowest BCUT2D eigenvalue weighted by atomic mass is 9.84. The van der Waals surface area contributed by atoms with Gasteiger partial charge in [-0.15, -0.1) is 0 Å². The minimum Gasteiger partial charge on any atom is -0.318 e. The second-order valence-electron chi connectivity index (χ2n) is 7.49. The van der Waals surface area contributed by atoms with Crippen molar-refractivity contribution in [2.45, 2.75) is 32.7 Å². The molecule has 5 heterocycles. The molecule has 0 unspecified atom stereocenters. The first kappa shape index (κ1) is 14.3. The minimum absolute atomic E-state index is 0.547. The lowest BCUT2D eigenvalue weighted by Crippen LogP contribution is -2.48. The van der Waals surface area contributed by atoms with E-state index < -0.39 is 0 Å². The van der Waals surface area contributed by atoms with Crippen LogP contribution in [-0.2, 0) is 0 Å². The van der Waals surface area contributed by atoms with E-state index in [1.807, 2.05) is 6.20 Å². The van der Waals surface area contributed by atoms with Gasteiger partial charge in [0.2, 0.25) is 0 Å². The van der Waals surface area contributed by atoms with Gasteiger partial charge in [0.15, 0.2) is 0 Å². The largest absolute Gasteiger partial charge is 0.318 e. The fourth-order valence-corrected chi connectivity index (χ4v) is 4.73. The molecule has 3 saturated heterocycles. The average molecular weight is 320 g/mol. The first-order valence-electron chi connectivity index (χ1n) is 9.05. The van der Waals surface area contributed by atoms with E-state index in [0.29, 0.717) is 6.04 Å². The van der Waals surface area contributed by atoms with Crippen molar-refractivity contribution < 1.29 is 0 Å². The topological polar surface area (TPSA) is 26.0 Å². The summed E-state index contributed by atoms with van der Waals surface area (Å²) in [5.74, 6) is 0.798. The van der Waals surface area contributed by atoms with Crippen LogP contribution in [0, 0.1) is 19.8 Å². The van der Waals surface area contributed by atoms with E-state index in [9.17, 15) is 0 Å². The predicted octanol–water partition coefficient (Wildman–Crippen LogP) is 3.71. The molecule has 3 aromatic rings. The Balaban J connectivity index is 1.57. The van der Waals surface area contributed by atoms with Crippen molar-refractivity contribution in [3.63, 3.8) is 0 Å². The molecule has 124 valence electrons. The summed E-state index contributed by atoms with van der Waals surface area (Å²) in [6.45, 7) is 8.04. The van der Waals surface area contributed by atoms with Gasteiger partial charge in [-0.3, -0.25) is 4.68 Å². The van der Waals surface area contributed by atoms with Crippen LogP contribution in [0.4, 0.5) is 0 Å². The molecule has 0 saturated carbocycles. The number of nitrogens with zero attached hydrogens (tertiary/aromatic N) is 4. The Bertz CT molecular complexity index is 876. The van der Waals surface area contributed by atoms with Gasteiger partial charge >= 0.3 is 0 Å². The van der Waals surface area contributed by atoms with E-state index in [2.05, 4.69) is 58.3 Å². The number of aromatic nitrogens is 3. The van der Waals surface area contributed by atoms with Crippen LogP contribution in [0.2, 0.25) is 0 Å². The Morgan fingerprint density at radius 3 is 2.42 bits per heavy atom. The molecule has 3 aliphatic heterocycles. The number of piperidine rings is 3. The molecular weight excluding hydrogens is 296 g/mol. The highest BCUT2D eigenvalue weighted by molar-refractivity contribution is 5.81. The van der Waals surface area contributed by atoms with Crippen LogP contribution in [0.15, 0.2) is 36.5 Å². The van der Waals surface area contributed by atoms with Gasteiger partial charge in [-0.25, -0.2) is 0 Å². The fraction of sp³-hybridized carbons (Fsp3) is 0.450. The maximum absolute atomic E-state index is 4.79. The summed E-state index contributed by atoms with van der Waals surface area (Å²) in [6.07, 6.45) is 4.70. The van der Waals surface area contributed by atoms with Gasteiger partial charge in [0, 0.05) is 29.0 Å². The van der Waals surface area contributed by atoms with Gasteiger partial charge in [0.25, 0.3) is 0 Å². The molecule has 3 aliphatic rings. The van der Waals surface area contributed by atoms with Crippen LogP contribution in [0.3, 0.4) is 0 Å². The van der Waals surface area contributed by atoms with Gasteiger partial charge in [0.1, 0.15) is 0 Å². The second kappa shape index (κ2) is 5.21. The van der Waals surface area contributed by atoms with E-state index in [-0.39, 0.29) is 0 Å². The van der Waals surface area contributed by atoms with Gasteiger partial charge in [-0.05, 0) is 76.0 Å². The van der Waals surface area contributed by atoms with Crippen LogP contribution < -0.4 is 0 Å². The molecule has 4 nitrogen and oxygen atoms in total. The number of hydrogen-bond donors (Lipinski definition) is 0. The summed E-state index contributed by atoms with van der Waals surface area (Å²) < 4.78 is 4.61.